The van der Waals surface area contributed by atoms with Crippen LogP contribution < -0.4 is 4.90 Å². The van der Waals surface area contributed by atoms with Crippen LogP contribution in [0.25, 0.3) is 11.8 Å². The van der Waals surface area contributed by atoms with Crippen LogP contribution in [0.2, 0.25) is 5.02 Å². The van der Waals surface area contributed by atoms with E-state index in [-0.39, 0.29) is 11.7 Å². The third-order valence-electron chi connectivity index (χ3n) is 4.35. The van der Waals surface area contributed by atoms with Crippen LogP contribution >= 0.6 is 11.6 Å². The number of anilines is 1. The predicted molar refractivity (Wildman–Crippen MR) is 109 cm³/mol. The van der Waals surface area contributed by atoms with Crippen molar-refractivity contribution in [3.05, 3.63) is 107 Å². The Morgan fingerprint density at radius 3 is 2.19 bits per heavy atom. The zero-order valence-electron chi connectivity index (χ0n) is 14.3. The first-order valence-corrected chi connectivity index (χ1v) is 8.87. The first kappa shape index (κ1) is 17.1. The minimum Gasteiger partial charge on any atom is -0.508 e. The van der Waals surface area contributed by atoms with Crippen LogP contribution in [0.3, 0.4) is 0 Å². The van der Waals surface area contributed by atoms with Gasteiger partial charge in [0, 0.05) is 16.3 Å². The normalized spacial score (nSPS) is 15.3. The molecule has 0 radical (unpaired) electrons. The van der Waals surface area contributed by atoms with Crippen molar-refractivity contribution in [2.45, 2.75) is 0 Å². The van der Waals surface area contributed by atoms with Gasteiger partial charge >= 0.3 is 0 Å². The fourth-order valence-electron chi connectivity index (χ4n) is 3.03. The average molecular weight is 374 g/mol. The third kappa shape index (κ3) is 3.50. The maximum Gasteiger partial charge on any atom is 0.262 e. The van der Waals surface area contributed by atoms with Crippen molar-refractivity contribution >= 4 is 35.0 Å². The molecule has 1 amide bonds. The van der Waals surface area contributed by atoms with Crippen LogP contribution in [-0.2, 0) is 4.79 Å². The lowest BCUT2D eigenvalue weighted by Crippen LogP contribution is -2.24. The molecule has 1 N–H and O–H groups in total. The molecule has 0 bridgehead atoms. The number of carbonyl (C=O) groups is 1. The van der Waals surface area contributed by atoms with E-state index in [0.29, 0.717) is 16.3 Å². The summed E-state index contributed by atoms with van der Waals surface area (Å²) in [5, 5.41) is 10.2. The van der Waals surface area contributed by atoms with Crippen molar-refractivity contribution in [3.63, 3.8) is 0 Å². The summed E-state index contributed by atoms with van der Waals surface area (Å²) in [7, 11) is 0. The van der Waals surface area contributed by atoms with E-state index < -0.39 is 0 Å². The van der Waals surface area contributed by atoms with E-state index >= 15 is 0 Å². The van der Waals surface area contributed by atoms with Crippen LogP contribution in [0.1, 0.15) is 11.1 Å². The highest BCUT2D eigenvalue weighted by molar-refractivity contribution is 6.30. The quantitative estimate of drug-likeness (QED) is 0.614. The topological polar surface area (TPSA) is 40.5 Å². The van der Waals surface area contributed by atoms with Crippen molar-refractivity contribution in [1.82, 2.24) is 0 Å². The van der Waals surface area contributed by atoms with Gasteiger partial charge in [0.2, 0.25) is 0 Å². The zero-order valence-corrected chi connectivity index (χ0v) is 15.1. The summed E-state index contributed by atoms with van der Waals surface area (Å²) in [5.41, 5.74) is 3.93. The maximum absolute atomic E-state index is 13.2. The Bertz CT molecular complexity index is 1040. The highest BCUT2D eigenvalue weighted by atomic mass is 35.5. The van der Waals surface area contributed by atoms with E-state index in [9.17, 15) is 9.90 Å². The molecule has 0 saturated heterocycles. The first-order valence-electron chi connectivity index (χ1n) is 8.50. The molecule has 0 saturated carbocycles. The number of rotatable bonds is 3. The number of benzene rings is 3. The standard InChI is InChI=1S/C23H16ClNO2/c24-19-8-6-16(7-9-19)14-18-15-22(17-4-2-1-3-5-17)25(23(18)27)20-10-12-21(26)13-11-20/h1-15,26H/b18-14-. The van der Waals surface area contributed by atoms with Gasteiger partial charge in [-0.25, -0.2) is 0 Å². The molecular formula is C23H16ClNO2. The van der Waals surface area contributed by atoms with Gasteiger partial charge in [0.25, 0.3) is 5.91 Å². The Morgan fingerprint density at radius 2 is 1.52 bits per heavy atom. The van der Waals surface area contributed by atoms with Crippen LogP contribution in [-0.4, -0.2) is 11.0 Å². The fraction of sp³-hybridized carbons (Fsp3) is 0. The molecular weight excluding hydrogens is 358 g/mol. The molecule has 4 rings (SSSR count). The smallest absolute Gasteiger partial charge is 0.262 e. The minimum absolute atomic E-state index is 0.116. The molecule has 0 aliphatic carbocycles. The summed E-state index contributed by atoms with van der Waals surface area (Å²) in [5.74, 6) is 0.0436. The fourth-order valence-corrected chi connectivity index (χ4v) is 3.16. The second-order valence-corrected chi connectivity index (χ2v) is 6.64. The van der Waals surface area contributed by atoms with Crippen LogP contribution in [0.5, 0.6) is 5.75 Å². The largest absolute Gasteiger partial charge is 0.508 e. The van der Waals surface area contributed by atoms with Gasteiger partial charge in [-0.3, -0.25) is 9.69 Å². The molecule has 1 aliphatic rings. The van der Waals surface area contributed by atoms with E-state index in [1.165, 1.54) is 0 Å². The van der Waals surface area contributed by atoms with Crippen molar-refractivity contribution in [2.75, 3.05) is 4.90 Å². The molecule has 0 atom stereocenters. The molecule has 4 heteroatoms. The first-order chi connectivity index (χ1) is 13.1. The SMILES string of the molecule is O=C1/C(=C\c2ccc(Cl)cc2)C=C(c2ccccc2)N1c1ccc(O)cc1. The molecule has 27 heavy (non-hydrogen) atoms. The number of hydrogen-bond acceptors (Lipinski definition) is 2. The molecule has 3 nitrogen and oxygen atoms in total. The van der Waals surface area contributed by atoms with Gasteiger partial charge in [0.1, 0.15) is 5.75 Å². The van der Waals surface area contributed by atoms with Gasteiger partial charge in [-0.15, -0.1) is 0 Å². The number of aromatic hydroxyl groups is 1. The molecule has 0 fully saturated rings. The second kappa shape index (κ2) is 7.14. The lowest BCUT2D eigenvalue weighted by Gasteiger charge is -2.20. The predicted octanol–water partition coefficient (Wildman–Crippen LogP) is 5.52. The van der Waals surface area contributed by atoms with Crippen molar-refractivity contribution < 1.29 is 9.90 Å². The molecule has 3 aromatic carbocycles. The van der Waals surface area contributed by atoms with Gasteiger partial charge in [0.05, 0.1) is 5.70 Å². The van der Waals surface area contributed by atoms with E-state index in [4.69, 9.17) is 11.6 Å². The molecule has 1 heterocycles. The lowest BCUT2D eigenvalue weighted by atomic mass is 10.1. The van der Waals surface area contributed by atoms with E-state index in [1.54, 1.807) is 41.3 Å². The van der Waals surface area contributed by atoms with Crippen LogP contribution in [0.4, 0.5) is 5.69 Å². The summed E-state index contributed by atoms with van der Waals surface area (Å²) in [6.07, 6.45) is 3.74. The highest BCUT2D eigenvalue weighted by Gasteiger charge is 2.30. The average Bonchev–Trinajstić information content (AvgIpc) is 3.01. The van der Waals surface area contributed by atoms with Gasteiger partial charge in [0.15, 0.2) is 0 Å². The van der Waals surface area contributed by atoms with Crippen molar-refractivity contribution in [1.29, 1.82) is 0 Å². The Hall–Kier alpha value is -3.30. The third-order valence-corrected chi connectivity index (χ3v) is 4.60. The van der Waals surface area contributed by atoms with E-state index in [1.807, 2.05) is 54.6 Å². The second-order valence-electron chi connectivity index (χ2n) is 6.20. The number of phenols is 1. The Morgan fingerprint density at radius 1 is 0.852 bits per heavy atom. The Balaban J connectivity index is 1.80. The zero-order chi connectivity index (χ0) is 18.8. The summed E-state index contributed by atoms with van der Waals surface area (Å²) < 4.78 is 0. The highest BCUT2D eigenvalue weighted by Crippen LogP contribution is 2.35. The van der Waals surface area contributed by atoms with Crippen LogP contribution in [0, 0.1) is 0 Å². The molecule has 132 valence electrons. The number of carbonyl (C=O) groups excluding carboxylic acids is 1. The summed E-state index contributed by atoms with van der Waals surface area (Å²) in [6, 6.07) is 23.7. The van der Waals surface area contributed by atoms with Crippen molar-refractivity contribution in [3.8, 4) is 5.75 Å². The number of halogens is 1. The Labute approximate surface area is 162 Å². The van der Waals surface area contributed by atoms with Gasteiger partial charge in [-0.05, 0) is 59.7 Å². The number of nitrogens with zero attached hydrogens (tertiary/aromatic N) is 1. The number of hydrogen-bond donors (Lipinski definition) is 1. The van der Waals surface area contributed by atoms with Gasteiger partial charge in [-0.2, -0.15) is 0 Å². The van der Waals surface area contributed by atoms with E-state index in [2.05, 4.69) is 0 Å². The minimum atomic E-state index is -0.116. The van der Waals surface area contributed by atoms with Crippen LogP contribution in [0.15, 0.2) is 90.5 Å². The summed E-state index contributed by atoms with van der Waals surface area (Å²) >= 11 is 5.95. The summed E-state index contributed by atoms with van der Waals surface area (Å²) in [4.78, 5) is 14.8. The van der Waals surface area contributed by atoms with Crippen molar-refractivity contribution in [2.24, 2.45) is 0 Å². The van der Waals surface area contributed by atoms with Gasteiger partial charge < -0.3 is 5.11 Å². The molecule has 1 aliphatic heterocycles. The number of amides is 1. The Kier molecular flexibility index (Phi) is 4.53. The maximum atomic E-state index is 13.2. The summed E-state index contributed by atoms with van der Waals surface area (Å²) in [6.45, 7) is 0. The van der Waals surface area contributed by atoms with Gasteiger partial charge in [-0.1, -0.05) is 54.1 Å². The number of phenolic OH excluding ortho intramolecular Hbond substituents is 1. The monoisotopic (exact) mass is 373 g/mol. The molecule has 0 aromatic heterocycles. The van der Waals surface area contributed by atoms with E-state index in [0.717, 1.165) is 16.8 Å². The lowest BCUT2D eigenvalue weighted by molar-refractivity contribution is -0.113. The molecule has 0 spiro atoms. The molecule has 3 aromatic rings. The molecule has 0 unspecified atom stereocenters.